The highest BCUT2D eigenvalue weighted by Gasteiger charge is 2.32. The number of hydrogen-bond acceptors (Lipinski definition) is 4. The SMILES string of the molecule is CNC(=O)C(=O)[C@H](CCC(C)(F)F)NC(=O)c1cc(Cl)ccc1NC(=O)CCC(F)(F)F. The highest BCUT2D eigenvalue weighted by Crippen LogP contribution is 2.25. The summed E-state index contributed by atoms with van der Waals surface area (Å²) < 4.78 is 63.4. The highest BCUT2D eigenvalue weighted by molar-refractivity contribution is 6.38. The third kappa shape index (κ3) is 9.58. The first-order chi connectivity index (χ1) is 14.6. The zero-order chi connectivity index (χ0) is 24.7. The Morgan fingerprint density at radius 2 is 1.69 bits per heavy atom. The number of anilines is 1. The zero-order valence-corrected chi connectivity index (χ0v) is 17.8. The Kier molecular flexibility index (Phi) is 9.55. The minimum Gasteiger partial charge on any atom is -0.353 e. The van der Waals surface area contributed by atoms with E-state index in [1.54, 1.807) is 0 Å². The molecule has 0 aliphatic carbocycles. The Hall–Kier alpha value is -2.76. The molecule has 0 unspecified atom stereocenters. The Balaban J connectivity index is 3.09. The minimum atomic E-state index is -4.56. The van der Waals surface area contributed by atoms with Crippen LogP contribution in [-0.2, 0) is 14.4 Å². The predicted molar refractivity (Wildman–Crippen MR) is 106 cm³/mol. The van der Waals surface area contributed by atoms with Gasteiger partial charge >= 0.3 is 6.18 Å². The molecule has 178 valence electrons. The lowest BCUT2D eigenvalue weighted by molar-refractivity contribution is -0.142. The van der Waals surface area contributed by atoms with E-state index in [1.165, 1.54) is 6.07 Å². The molecule has 0 bridgehead atoms. The molecule has 1 aromatic carbocycles. The van der Waals surface area contributed by atoms with Gasteiger partial charge in [0.2, 0.25) is 17.6 Å². The highest BCUT2D eigenvalue weighted by atomic mass is 35.5. The smallest absolute Gasteiger partial charge is 0.353 e. The first kappa shape index (κ1) is 27.3. The number of likely N-dealkylation sites (N-methyl/N-ethyl adjacent to an activating group) is 1. The van der Waals surface area contributed by atoms with E-state index in [4.69, 9.17) is 11.6 Å². The maximum Gasteiger partial charge on any atom is 0.389 e. The van der Waals surface area contributed by atoms with Crippen LogP contribution in [0.15, 0.2) is 18.2 Å². The van der Waals surface area contributed by atoms with Crippen LogP contribution in [0.1, 0.15) is 43.0 Å². The van der Waals surface area contributed by atoms with Crippen molar-refractivity contribution in [3.8, 4) is 0 Å². The number of Topliss-reactive ketones (excluding diaryl/α,β-unsaturated/α-hetero) is 1. The number of benzene rings is 1. The summed E-state index contributed by atoms with van der Waals surface area (Å²) >= 11 is 5.84. The lowest BCUT2D eigenvalue weighted by atomic mass is 10.0. The van der Waals surface area contributed by atoms with E-state index in [0.29, 0.717) is 6.92 Å². The van der Waals surface area contributed by atoms with Gasteiger partial charge in [-0.3, -0.25) is 19.2 Å². The summed E-state index contributed by atoms with van der Waals surface area (Å²) in [5.74, 6) is -7.58. The second-order valence-electron chi connectivity index (χ2n) is 6.93. The average molecular weight is 486 g/mol. The molecule has 0 aromatic heterocycles. The fourth-order valence-corrected chi connectivity index (χ4v) is 2.64. The van der Waals surface area contributed by atoms with E-state index in [-0.39, 0.29) is 16.3 Å². The van der Waals surface area contributed by atoms with E-state index in [2.05, 4.69) is 10.6 Å². The normalized spacial score (nSPS) is 12.6. The lowest BCUT2D eigenvalue weighted by Gasteiger charge is -2.20. The molecule has 0 radical (unpaired) electrons. The van der Waals surface area contributed by atoms with Crippen LogP contribution in [0.25, 0.3) is 0 Å². The summed E-state index contributed by atoms with van der Waals surface area (Å²) in [5.41, 5.74) is -0.554. The van der Waals surface area contributed by atoms with Crippen molar-refractivity contribution in [2.45, 2.75) is 50.7 Å². The molecule has 32 heavy (non-hydrogen) atoms. The van der Waals surface area contributed by atoms with Crippen LogP contribution in [0.5, 0.6) is 0 Å². The molecule has 1 rings (SSSR count). The third-order valence-corrected chi connectivity index (χ3v) is 4.32. The summed E-state index contributed by atoms with van der Waals surface area (Å²) in [4.78, 5) is 48.4. The van der Waals surface area contributed by atoms with Gasteiger partial charge in [0.1, 0.15) is 0 Å². The first-order valence-corrected chi connectivity index (χ1v) is 9.61. The van der Waals surface area contributed by atoms with Gasteiger partial charge in [0.15, 0.2) is 0 Å². The molecule has 3 N–H and O–H groups in total. The van der Waals surface area contributed by atoms with Crippen molar-refractivity contribution in [1.82, 2.24) is 10.6 Å². The second kappa shape index (κ2) is 11.2. The number of hydrogen-bond donors (Lipinski definition) is 3. The maximum absolute atomic E-state index is 13.2. The molecule has 13 heteroatoms. The molecule has 0 saturated carbocycles. The summed E-state index contributed by atoms with van der Waals surface area (Å²) in [7, 11) is 1.14. The fraction of sp³-hybridized carbons (Fsp3) is 0.474. The second-order valence-corrected chi connectivity index (χ2v) is 7.37. The lowest BCUT2D eigenvalue weighted by Crippen LogP contribution is -2.47. The Morgan fingerprint density at radius 3 is 2.22 bits per heavy atom. The molecule has 0 aliphatic heterocycles. The number of carbonyl (C=O) groups is 4. The molecule has 0 saturated heterocycles. The van der Waals surface area contributed by atoms with Crippen molar-refractivity contribution in [1.29, 1.82) is 0 Å². The molecule has 0 heterocycles. The summed E-state index contributed by atoms with van der Waals surface area (Å²) in [6.45, 7) is 0.599. The Labute approximate surface area is 185 Å². The topological polar surface area (TPSA) is 104 Å². The molecular formula is C19H21ClF5N3O4. The Morgan fingerprint density at radius 1 is 1.06 bits per heavy atom. The standard InChI is InChI=1S/C19H21ClF5N3O4/c1-18(21,22)7-5-13(15(30)17(32)26-2)28-16(31)11-9-10(20)3-4-12(11)27-14(29)6-8-19(23,24)25/h3-4,9,13H,5-8H2,1-2H3,(H,26,32)(H,27,29)(H,28,31)/t13-/m0/s1. The van der Waals surface area contributed by atoms with Crippen molar-refractivity contribution >= 4 is 40.8 Å². The number of rotatable bonds is 10. The van der Waals surface area contributed by atoms with Gasteiger partial charge in [-0.2, -0.15) is 13.2 Å². The number of carbonyl (C=O) groups excluding carboxylic acids is 4. The first-order valence-electron chi connectivity index (χ1n) is 9.23. The van der Waals surface area contributed by atoms with Crippen LogP contribution < -0.4 is 16.0 Å². The molecule has 1 aromatic rings. The van der Waals surface area contributed by atoms with Gasteiger partial charge < -0.3 is 16.0 Å². The molecule has 3 amide bonds. The van der Waals surface area contributed by atoms with Gasteiger partial charge in [-0.25, -0.2) is 8.78 Å². The van der Waals surface area contributed by atoms with E-state index < -0.39 is 67.3 Å². The van der Waals surface area contributed by atoms with E-state index in [9.17, 15) is 41.1 Å². The van der Waals surface area contributed by atoms with E-state index >= 15 is 0 Å². The van der Waals surface area contributed by atoms with Gasteiger partial charge in [0.05, 0.1) is 23.7 Å². The third-order valence-electron chi connectivity index (χ3n) is 4.08. The van der Waals surface area contributed by atoms with E-state index in [0.717, 1.165) is 19.2 Å². The van der Waals surface area contributed by atoms with Crippen LogP contribution in [-0.4, -0.2) is 48.7 Å². The van der Waals surface area contributed by atoms with Gasteiger partial charge in [-0.05, 0) is 31.5 Å². The number of alkyl halides is 5. The van der Waals surface area contributed by atoms with Gasteiger partial charge in [0.25, 0.3) is 11.8 Å². The summed E-state index contributed by atoms with van der Waals surface area (Å²) in [5, 5.41) is 6.33. The van der Waals surface area contributed by atoms with Crippen LogP contribution in [0.3, 0.4) is 0 Å². The quantitative estimate of drug-likeness (QED) is 0.348. The number of halogens is 6. The largest absolute Gasteiger partial charge is 0.389 e. The fourth-order valence-electron chi connectivity index (χ4n) is 2.47. The maximum atomic E-state index is 13.2. The van der Waals surface area contributed by atoms with Crippen LogP contribution in [0.4, 0.5) is 27.6 Å². The van der Waals surface area contributed by atoms with E-state index in [1.807, 2.05) is 5.32 Å². The number of amides is 3. The van der Waals surface area contributed by atoms with Crippen molar-refractivity contribution in [2.24, 2.45) is 0 Å². The monoisotopic (exact) mass is 485 g/mol. The minimum absolute atomic E-state index is 0.0118. The molecule has 7 nitrogen and oxygen atoms in total. The van der Waals surface area contributed by atoms with Crippen molar-refractivity contribution in [3.63, 3.8) is 0 Å². The summed E-state index contributed by atoms with van der Waals surface area (Å²) in [6.07, 6.45) is -8.25. The van der Waals surface area contributed by atoms with Gasteiger partial charge in [-0.1, -0.05) is 11.6 Å². The summed E-state index contributed by atoms with van der Waals surface area (Å²) in [6, 6.07) is 1.84. The Bertz CT molecular complexity index is 871. The molecule has 0 fully saturated rings. The predicted octanol–water partition coefficient (Wildman–Crippen LogP) is 3.47. The molecule has 0 spiro atoms. The zero-order valence-electron chi connectivity index (χ0n) is 17.0. The van der Waals surface area contributed by atoms with Crippen molar-refractivity contribution in [2.75, 3.05) is 12.4 Å². The molecule has 0 aliphatic rings. The van der Waals surface area contributed by atoms with Crippen LogP contribution in [0, 0.1) is 0 Å². The average Bonchev–Trinajstić information content (AvgIpc) is 2.68. The van der Waals surface area contributed by atoms with Crippen molar-refractivity contribution in [3.05, 3.63) is 28.8 Å². The van der Waals surface area contributed by atoms with Crippen molar-refractivity contribution < 1.29 is 41.1 Å². The molecule has 1 atom stereocenters. The van der Waals surface area contributed by atoms with Crippen LogP contribution >= 0.6 is 11.6 Å². The van der Waals surface area contributed by atoms with Gasteiger partial charge in [-0.15, -0.1) is 0 Å². The number of nitrogens with one attached hydrogen (secondary N) is 3. The van der Waals surface area contributed by atoms with Crippen LogP contribution in [0.2, 0.25) is 5.02 Å². The molecular weight excluding hydrogens is 465 g/mol. The van der Waals surface area contributed by atoms with Gasteiger partial charge in [0, 0.05) is 24.9 Å². The number of ketones is 1.